The lowest BCUT2D eigenvalue weighted by Crippen LogP contribution is -2.42. The van der Waals surface area contributed by atoms with Gasteiger partial charge in [-0.3, -0.25) is 4.79 Å². The maximum absolute atomic E-state index is 12.7. The van der Waals surface area contributed by atoms with E-state index in [4.69, 9.17) is 10.4 Å². The van der Waals surface area contributed by atoms with Gasteiger partial charge in [-0.1, -0.05) is 13.0 Å². The number of hydrogen-bond donors (Lipinski definition) is 1. The molecule has 1 N–H and O–H groups in total. The van der Waals surface area contributed by atoms with Crippen LogP contribution in [0.25, 0.3) is 0 Å². The van der Waals surface area contributed by atoms with Crippen LogP contribution in [0.1, 0.15) is 31.4 Å². The Morgan fingerprint density at radius 2 is 2.10 bits per heavy atom. The van der Waals surface area contributed by atoms with Crippen LogP contribution >= 0.6 is 0 Å². The quantitative estimate of drug-likeness (QED) is 0.863. The zero-order valence-electron chi connectivity index (χ0n) is 12.2. The van der Waals surface area contributed by atoms with E-state index in [-0.39, 0.29) is 10.5 Å². The molecule has 0 aliphatic rings. The van der Waals surface area contributed by atoms with Crippen molar-refractivity contribution < 1.29 is 18.3 Å². The Morgan fingerprint density at radius 1 is 1.48 bits per heavy atom. The molecule has 0 aliphatic carbocycles. The highest BCUT2D eigenvalue weighted by Crippen LogP contribution is 2.23. The SMILES string of the molecule is CCC(C)N(CC(=O)O)S(=O)(=O)c1cc(C#N)ccc1C. The molecule has 21 heavy (non-hydrogen) atoms. The van der Waals surface area contributed by atoms with Crippen molar-refractivity contribution in [1.29, 1.82) is 5.26 Å². The Morgan fingerprint density at radius 3 is 2.57 bits per heavy atom. The van der Waals surface area contributed by atoms with Crippen LogP contribution in [0.4, 0.5) is 0 Å². The lowest BCUT2D eigenvalue weighted by Gasteiger charge is -2.26. The van der Waals surface area contributed by atoms with Crippen LogP contribution in [0.15, 0.2) is 23.1 Å². The third kappa shape index (κ3) is 3.80. The van der Waals surface area contributed by atoms with Gasteiger partial charge >= 0.3 is 5.97 Å². The molecule has 1 atom stereocenters. The first-order chi connectivity index (χ1) is 9.73. The fourth-order valence-corrected chi connectivity index (χ4v) is 3.80. The number of sulfonamides is 1. The van der Waals surface area contributed by atoms with Gasteiger partial charge in [-0.05, 0) is 38.0 Å². The molecule has 1 unspecified atom stereocenters. The van der Waals surface area contributed by atoms with Crippen molar-refractivity contribution >= 4 is 16.0 Å². The zero-order valence-corrected chi connectivity index (χ0v) is 13.0. The van der Waals surface area contributed by atoms with Crippen LogP contribution in [-0.2, 0) is 14.8 Å². The van der Waals surface area contributed by atoms with Gasteiger partial charge in [0.2, 0.25) is 10.0 Å². The van der Waals surface area contributed by atoms with Crippen LogP contribution in [0.3, 0.4) is 0 Å². The zero-order chi connectivity index (χ0) is 16.2. The molecule has 0 saturated heterocycles. The highest BCUT2D eigenvalue weighted by atomic mass is 32.2. The lowest BCUT2D eigenvalue weighted by molar-refractivity contribution is -0.137. The van der Waals surface area contributed by atoms with Crippen molar-refractivity contribution in [2.75, 3.05) is 6.54 Å². The van der Waals surface area contributed by atoms with E-state index in [1.807, 2.05) is 6.07 Å². The van der Waals surface area contributed by atoms with E-state index < -0.39 is 28.6 Å². The molecule has 114 valence electrons. The van der Waals surface area contributed by atoms with Crippen LogP contribution in [0.2, 0.25) is 0 Å². The normalized spacial score (nSPS) is 12.9. The van der Waals surface area contributed by atoms with Crippen LogP contribution in [-0.4, -0.2) is 36.4 Å². The van der Waals surface area contributed by atoms with Gasteiger partial charge in [0.15, 0.2) is 0 Å². The number of nitrogens with zero attached hydrogens (tertiary/aromatic N) is 2. The van der Waals surface area contributed by atoms with Gasteiger partial charge in [0, 0.05) is 6.04 Å². The minimum atomic E-state index is -3.97. The number of carboxylic acid groups (broad SMARTS) is 1. The van der Waals surface area contributed by atoms with Crippen LogP contribution in [0.5, 0.6) is 0 Å². The number of carboxylic acids is 1. The lowest BCUT2D eigenvalue weighted by atomic mass is 10.2. The first-order valence-electron chi connectivity index (χ1n) is 6.48. The maximum atomic E-state index is 12.7. The number of hydrogen-bond acceptors (Lipinski definition) is 4. The van der Waals surface area contributed by atoms with Gasteiger partial charge in [-0.25, -0.2) is 8.42 Å². The Labute approximate surface area is 124 Å². The molecule has 0 heterocycles. The third-order valence-electron chi connectivity index (χ3n) is 3.28. The molecule has 7 heteroatoms. The maximum Gasteiger partial charge on any atom is 0.318 e. The molecule has 0 spiro atoms. The topological polar surface area (TPSA) is 98.5 Å². The summed E-state index contributed by atoms with van der Waals surface area (Å²) in [5, 5.41) is 17.9. The van der Waals surface area contributed by atoms with Crippen molar-refractivity contribution in [3.63, 3.8) is 0 Å². The minimum absolute atomic E-state index is 0.0249. The number of aryl methyl sites for hydroxylation is 1. The van der Waals surface area contributed by atoms with Crippen molar-refractivity contribution in [2.45, 2.75) is 38.1 Å². The average Bonchev–Trinajstić information content (AvgIpc) is 2.44. The van der Waals surface area contributed by atoms with E-state index in [0.29, 0.717) is 12.0 Å². The molecule has 0 radical (unpaired) electrons. The van der Waals surface area contributed by atoms with Crippen molar-refractivity contribution in [1.82, 2.24) is 4.31 Å². The summed E-state index contributed by atoms with van der Waals surface area (Å²) in [5.74, 6) is -1.21. The smallest absolute Gasteiger partial charge is 0.318 e. The molecule has 0 bridgehead atoms. The van der Waals surface area contributed by atoms with Gasteiger partial charge in [0.25, 0.3) is 0 Å². The van der Waals surface area contributed by atoms with E-state index in [0.717, 1.165) is 4.31 Å². The number of benzene rings is 1. The molecule has 0 amide bonds. The molecule has 1 aromatic rings. The minimum Gasteiger partial charge on any atom is -0.480 e. The largest absolute Gasteiger partial charge is 0.480 e. The second-order valence-corrected chi connectivity index (χ2v) is 6.65. The van der Waals surface area contributed by atoms with Crippen molar-refractivity contribution in [3.05, 3.63) is 29.3 Å². The summed E-state index contributed by atoms with van der Waals surface area (Å²) in [5.41, 5.74) is 0.700. The average molecular weight is 310 g/mol. The second-order valence-electron chi connectivity index (χ2n) is 4.79. The molecule has 0 aromatic heterocycles. The van der Waals surface area contributed by atoms with E-state index in [9.17, 15) is 13.2 Å². The number of aliphatic carboxylic acids is 1. The van der Waals surface area contributed by atoms with Gasteiger partial charge < -0.3 is 5.11 Å². The molecule has 6 nitrogen and oxygen atoms in total. The van der Waals surface area contributed by atoms with Gasteiger partial charge in [-0.2, -0.15) is 9.57 Å². The predicted molar refractivity (Wildman–Crippen MR) is 77.2 cm³/mol. The Bertz CT molecular complexity index is 677. The van der Waals surface area contributed by atoms with Gasteiger partial charge in [0.05, 0.1) is 16.5 Å². The van der Waals surface area contributed by atoms with E-state index >= 15 is 0 Å². The van der Waals surface area contributed by atoms with Gasteiger partial charge in [0.1, 0.15) is 6.54 Å². The number of nitriles is 1. The Hall–Kier alpha value is -1.91. The van der Waals surface area contributed by atoms with E-state index in [1.54, 1.807) is 26.8 Å². The van der Waals surface area contributed by atoms with Crippen LogP contribution < -0.4 is 0 Å². The molecular formula is C14H18N2O4S. The standard InChI is InChI=1S/C14H18N2O4S/c1-4-11(3)16(9-14(17)18)21(19,20)13-7-12(8-15)6-5-10(13)2/h5-7,11H,4,9H2,1-3H3,(H,17,18). The fraction of sp³-hybridized carbons (Fsp3) is 0.429. The first-order valence-corrected chi connectivity index (χ1v) is 7.92. The van der Waals surface area contributed by atoms with Crippen molar-refractivity contribution in [2.24, 2.45) is 0 Å². The Kier molecular flexibility index (Phi) is 5.47. The first kappa shape index (κ1) is 17.1. The Balaban J connectivity index is 3.42. The highest BCUT2D eigenvalue weighted by molar-refractivity contribution is 7.89. The van der Waals surface area contributed by atoms with E-state index in [1.165, 1.54) is 12.1 Å². The molecule has 1 rings (SSSR count). The molecule has 0 fully saturated rings. The third-order valence-corrected chi connectivity index (χ3v) is 5.38. The predicted octanol–water partition coefficient (Wildman–Crippen LogP) is 1.74. The summed E-state index contributed by atoms with van der Waals surface area (Å²) in [6.07, 6.45) is 0.490. The monoisotopic (exact) mass is 310 g/mol. The summed E-state index contributed by atoms with van der Waals surface area (Å²) in [6, 6.07) is 5.79. The summed E-state index contributed by atoms with van der Waals surface area (Å²) in [6.45, 7) is 4.45. The number of rotatable bonds is 6. The van der Waals surface area contributed by atoms with Crippen molar-refractivity contribution in [3.8, 4) is 6.07 Å². The highest BCUT2D eigenvalue weighted by Gasteiger charge is 2.31. The molecule has 0 saturated carbocycles. The summed E-state index contributed by atoms with van der Waals surface area (Å²) >= 11 is 0. The number of carbonyl (C=O) groups is 1. The van der Waals surface area contributed by atoms with E-state index in [2.05, 4.69) is 0 Å². The summed E-state index contributed by atoms with van der Waals surface area (Å²) < 4.78 is 26.4. The molecule has 0 aliphatic heterocycles. The molecule has 1 aromatic carbocycles. The molecular weight excluding hydrogens is 292 g/mol. The fourth-order valence-electron chi connectivity index (χ4n) is 1.89. The van der Waals surface area contributed by atoms with Gasteiger partial charge in [-0.15, -0.1) is 0 Å². The van der Waals surface area contributed by atoms with Crippen LogP contribution in [0, 0.1) is 18.3 Å². The summed E-state index contributed by atoms with van der Waals surface area (Å²) in [4.78, 5) is 10.9. The summed E-state index contributed by atoms with van der Waals surface area (Å²) in [7, 11) is -3.97. The second kappa shape index (κ2) is 6.70.